The zero-order valence-corrected chi connectivity index (χ0v) is 27.5. The van der Waals surface area contributed by atoms with E-state index in [1.54, 1.807) is 0 Å². The van der Waals surface area contributed by atoms with Crippen LogP contribution in [0.5, 0.6) is 23.0 Å². The topological polar surface area (TPSA) is 62.9 Å². The van der Waals surface area contributed by atoms with E-state index < -0.39 is 0 Å². The Morgan fingerprint density at radius 1 is 0.422 bits per heavy atom. The van der Waals surface area contributed by atoms with Crippen LogP contribution < -0.4 is 24.7 Å². The van der Waals surface area contributed by atoms with Crippen molar-refractivity contribution in [1.29, 1.82) is 0 Å². The normalized spacial score (nSPS) is 12.4. The van der Waals surface area contributed by atoms with Gasteiger partial charge in [-0.1, -0.05) is 82.3 Å². The Balaban J connectivity index is 1.76. The highest BCUT2D eigenvalue weighted by Crippen LogP contribution is 2.39. The van der Waals surface area contributed by atoms with E-state index in [2.05, 4.69) is 94.4 Å². The molecule has 0 aliphatic heterocycles. The number of para-hydroxylation sites is 3. The Bertz CT molecular complexity index is 1470. The lowest BCUT2D eigenvalue weighted by Crippen LogP contribution is -2.10. The molecule has 0 aromatic heterocycles. The molecular weight excluding hydrogens is 558 g/mol. The van der Waals surface area contributed by atoms with Gasteiger partial charge in [-0.3, -0.25) is 0 Å². The smallest absolute Gasteiger partial charge is 0.126 e. The number of ether oxygens (including phenoxy) is 4. The van der Waals surface area contributed by atoms with Crippen LogP contribution in [-0.2, 0) is 25.7 Å². The summed E-state index contributed by atoms with van der Waals surface area (Å²) >= 11 is 0. The second-order valence-corrected chi connectivity index (χ2v) is 12.0. The van der Waals surface area contributed by atoms with Crippen LogP contribution >= 0.6 is 0 Å². The molecule has 5 nitrogen and oxygen atoms in total. The minimum Gasteiger partial charge on any atom is -0.493 e. The van der Waals surface area contributed by atoms with E-state index in [0.29, 0.717) is 52.1 Å². The Hall–Kier alpha value is -4.12. The molecule has 0 atom stereocenters. The molecule has 1 aliphatic carbocycles. The summed E-state index contributed by atoms with van der Waals surface area (Å²) in [6, 6.07) is 23.7. The lowest BCUT2D eigenvalue weighted by molar-refractivity contribution is 0.304. The van der Waals surface area contributed by atoms with Crippen molar-refractivity contribution in [3.05, 3.63) is 111 Å². The van der Waals surface area contributed by atoms with E-state index >= 15 is 0 Å². The van der Waals surface area contributed by atoms with Gasteiger partial charge >= 0.3 is 0 Å². The van der Waals surface area contributed by atoms with Gasteiger partial charge in [0.05, 0.1) is 26.4 Å². The Kier molecular flexibility index (Phi) is 11.3. The predicted molar refractivity (Wildman–Crippen MR) is 185 cm³/mol. The summed E-state index contributed by atoms with van der Waals surface area (Å²) in [5.74, 6) is 3.78. The summed E-state index contributed by atoms with van der Waals surface area (Å²) in [4.78, 5) is 0. The van der Waals surface area contributed by atoms with E-state index in [9.17, 15) is 0 Å². The lowest BCUT2D eigenvalue weighted by atomic mass is 9.91. The van der Waals surface area contributed by atoms with Crippen LogP contribution in [-0.4, -0.2) is 26.4 Å². The number of fused-ring (bicyclic) bond motifs is 8. The minimum absolute atomic E-state index is 0.636. The van der Waals surface area contributed by atoms with Crippen LogP contribution in [0.4, 0.5) is 5.69 Å². The van der Waals surface area contributed by atoms with Crippen molar-refractivity contribution >= 4 is 5.69 Å². The van der Waals surface area contributed by atoms with Crippen LogP contribution in [0, 0.1) is 0 Å². The third-order valence-corrected chi connectivity index (χ3v) is 8.13. The summed E-state index contributed by atoms with van der Waals surface area (Å²) in [7, 11) is 0. The number of hydrogen-bond donors (Lipinski definition) is 1. The molecule has 5 heteroatoms. The molecule has 8 bridgehead atoms. The molecule has 0 heterocycles. The first-order valence-electron chi connectivity index (χ1n) is 16.8. The third kappa shape index (κ3) is 7.76. The number of nitrogen functional groups attached to an aromatic ring is 1. The fourth-order valence-corrected chi connectivity index (χ4v) is 6.17. The minimum atomic E-state index is 0.636. The van der Waals surface area contributed by atoms with E-state index in [1.165, 1.54) is 0 Å². The highest BCUT2D eigenvalue weighted by atomic mass is 16.5. The number of benzene rings is 4. The van der Waals surface area contributed by atoms with Gasteiger partial charge in [-0.2, -0.15) is 0 Å². The quantitative estimate of drug-likeness (QED) is 0.143. The van der Waals surface area contributed by atoms with Gasteiger partial charge in [0.15, 0.2) is 0 Å². The van der Waals surface area contributed by atoms with Crippen molar-refractivity contribution in [2.24, 2.45) is 0 Å². The van der Waals surface area contributed by atoms with Crippen LogP contribution in [0.3, 0.4) is 0 Å². The first kappa shape index (κ1) is 32.3. The molecule has 1 aliphatic rings. The summed E-state index contributed by atoms with van der Waals surface area (Å²) in [6.45, 7) is 11.2. The SMILES string of the molecule is CCCOc1c2cccc1Cc1cccc(c1OCCC)Cc1cc(N)cc(c1OCCC)Cc1cccc(c1OCCC)C2. The summed E-state index contributed by atoms with van der Waals surface area (Å²) < 4.78 is 26.1. The fraction of sp³-hybridized carbons (Fsp3) is 0.400. The second-order valence-electron chi connectivity index (χ2n) is 12.0. The van der Waals surface area contributed by atoms with Crippen molar-refractivity contribution in [3.8, 4) is 23.0 Å². The van der Waals surface area contributed by atoms with Gasteiger partial charge in [0.1, 0.15) is 23.0 Å². The zero-order chi connectivity index (χ0) is 31.6. The Morgan fingerprint density at radius 2 is 0.667 bits per heavy atom. The molecule has 4 aromatic carbocycles. The maximum absolute atomic E-state index is 6.61. The Morgan fingerprint density at radius 3 is 0.933 bits per heavy atom. The summed E-state index contributed by atoms with van der Waals surface area (Å²) in [6.07, 6.45) is 6.46. The molecule has 0 amide bonds. The molecule has 0 spiro atoms. The predicted octanol–water partition coefficient (Wildman–Crippen LogP) is 9.10. The first-order chi connectivity index (χ1) is 22.1. The monoisotopic (exact) mass is 607 g/mol. The van der Waals surface area contributed by atoms with Gasteiger partial charge in [0.25, 0.3) is 0 Å². The Labute approximate surface area is 269 Å². The molecule has 2 N–H and O–H groups in total. The highest BCUT2D eigenvalue weighted by Gasteiger charge is 2.22. The highest BCUT2D eigenvalue weighted by molar-refractivity contribution is 5.59. The molecular formula is C40H49NO4. The largest absolute Gasteiger partial charge is 0.493 e. The molecule has 4 aromatic rings. The standard InChI is InChI=1S/C40H49NO4/c1-5-18-42-37-28-12-9-13-29(37)23-31-15-11-17-33(39(31)44-20-7-3)25-35-27-36(41)26-34(40(35)45-21-8-4)24-32-16-10-14-30(22-28)38(32)43-19-6-2/h9-17,26-27H,5-8,18-25,41H2,1-4H3. The number of hydrogen-bond acceptors (Lipinski definition) is 5. The second kappa shape index (κ2) is 15.7. The lowest BCUT2D eigenvalue weighted by Gasteiger charge is -2.23. The van der Waals surface area contributed by atoms with Crippen molar-refractivity contribution in [2.45, 2.75) is 79.1 Å². The zero-order valence-electron chi connectivity index (χ0n) is 27.5. The number of anilines is 1. The fourth-order valence-electron chi connectivity index (χ4n) is 6.17. The van der Waals surface area contributed by atoms with Gasteiger partial charge in [0, 0.05) is 42.5 Å². The van der Waals surface area contributed by atoms with Gasteiger partial charge < -0.3 is 24.7 Å². The average molecular weight is 608 g/mol. The van der Waals surface area contributed by atoms with Crippen molar-refractivity contribution in [3.63, 3.8) is 0 Å². The van der Waals surface area contributed by atoms with Crippen molar-refractivity contribution in [1.82, 2.24) is 0 Å². The molecule has 238 valence electrons. The van der Waals surface area contributed by atoms with E-state index in [-0.39, 0.29) is 0 Å². The maximum Gasteiger partial charge on any atom is 0.126 e. The van der Waals surface area contributed by atoms with Crippen LogP contribution in [0.1, 0.15) is 97.9 Å². The van der Waals surface area contributed by atoms with Crippen molar-refractivity contribution in [2.75, 3.05) is 32.2 Å². The van der Waals surface area contributed by atoms with Crippen LogP contribution in [0.15, 0.2) is 66.7 Å². The molecule has 0 radical (unpaired) electrons. The summed E-state index contributed by atoms with van der Waals surface area (Å²) in [5, 5.41) is 0. The molecule has 0 saturated carbocycles. The number of nitrogens with two attached hydrogens (primary N) is 1. The van der Waals surface area contributed by atoms with E-state index in [4.69, 9.17) is 24.7 Å². The van der Waals surface area contributed by atoms with Gasteiger partial charge in [-0.05, 0) is 71.2 Å². The van der Waals surface area contributed by atoms with Gasteiger partial charge in [0.2, 0.25) is 0 Å². The van der Waals surface area contributed by atoms with E-state index in [0.717, 1.165) is 98.9 Å². The van der Waals surface area contributed by atoms with Crippen LogP contribution in [0.2, 0.25) is 0 Å². The van der Waals surface area contributed by atoms with Gasteiger partial charge in [-0.15, -0.1) is 0 Å². The maximum atomic E-state index is 6.61. The first-order valence-corrected chi connectivity index (χ1v) is 16.8. The van der Waals surface area contributed by atoms with Crippen LogP contribution in [0.25, 0.3) is 0 Å². The van der Waals surface area contributed by atoms with E-state index in [1.807, 2.05) is 0 Å². The summed E-state index contributed by atoms with van der Waals surface area (Å²) in [5.41, 5.74) is 16.4. The van der Waals surface area contributed by atoms with Gasteiger partial charge in [-0.25, -0.2) is 0 Å². The molecule has 0 fully saturated rings. The average Bonchev–Trinajstić information content (AvgIpc) is 3.03. The van der Waals surface area contributed by atoms with Crippen molar-refractivity contribution < 1.29 is 18.9 Å². The molecule has 0 saturated heterocycles. The number of rotatable bonds is 12. The molecule has 5 rings (SSSR count). The third-order valence-electron chi connectivity index (χ3n) is 8.13. The molecule has 0 unspecified atom stereocenters. The molecule has 45 heavy (non-hydrogen) atoms.